The van der Waals surface area contributed by atoms with Gasteiger partial charge in [0.1, 0.15) is 18.3 Å². The molecule has 24 heavy (non-hydrogen) atoms. The van der Waals surface area contributed by atoms with Crippen LogP contribution in [0.2, 0.25) is 0 Å². The average molecular weight is 334 g/mol. The largest absolute Gasteiger partial charge is 0.394 e. The molecule has 2 unspecified atom stereocenters. The van der Waals surface area contributed by atoms with Crippen molar-refractivity contribution in [2.45, 2.75) is 31.0 Å². The number of nitrogens with zero attached hydrogens (tertiary/aromatic N) is 1. The van der Waals surface area contributed by atoms with E-state index in [0.717, 1.165) is 10.1 Å². The minimum Gasteiger partial charge on any atom is -0.394 e. The molecule has 4 N–H and O–H groups in total. The van der Waals surface area contributed by atoms with Crippen LogP contribution in [0.1, 0.15) is 17.4 Å². The maximum absolute atomic E-state index is 12.1. The van der Waals surface area contributed by atoms with E-state index >= 15 is 0 Å². The van der Waals surface area contributed by atoms with Crippen molar-refractivity contribution in [2.24, 2.45) is 0 Å². The van der Waals surface area contributed by atoms with Crippen LogP contribution in [0.4, 0.5) is 0 Å². The highest BCUT2D eigenvalue weighted by Gasteiger charge is 2.43. The molecule has 1 aliphatic heterocycles. The fourth-order valence-electron chi connectivity index (χ4n) is 2.77. The highest BCUT2D eigenvalue weighted by molar-refractivity contribution is 5.22. The van der Waals surface area contributed by atoms with Crippen LogP contribution >= 0.6 is 0 Å². The van der Waals surface area contributed by atoms with E-state index in [2.05, 4.69) is 4.98 Å². The van der Waals surface area contributed by atoms with Crippen molar-refractivity contribution < 1.29 is 20.1 Å². The molecule has 2 aromatic rings. The smallest absolute Gasteiger partial charge is 0.330 e. The third-order valence-electron chi connectivity index (χ3n) is 4.07. The second-order valence-corrected chi connectivity index (χ2v) is 5.71. The summed E-state index contributed by atoms with van der Waals surface area (Å²) in [4.78, 5) is 26.3. The summed E-state index contributed by atoms with van der Waals surface area (Å²) in [5.74, 6) is 0. The van der Waals surface area contributed by atoms with Gasteiger partial charge in [-0.05, 0) is 5.56 Å². The first-order valence-corrected chi connectivity index (χ1v) is 7.52. The van der Waals surface area contributed by atoms with Gasteiger partial charge in [-0.1, -0.05) is 30.3 Å². The SMILES string of the molecule is O=c1[nH]c(=O)n([C@H]2O[C@@H](CO)C(O)C2O)cc1Cc1ccccc1. The molecule has 0 radical (unpaired) electrons. The van der Waals surface area contributed by atoms with Crippen LogP contribution < -0.4 is 11.2 Å². The lowest BCUT2D eigenvalue weighted by Gasteiger charge is -2.18. The van der Waals surface area contributed by atoms with E-state index in [9.17, 15) is 19.8 Å². The fraction of sp³-hybridized carbons (Fsp3) is 0.375. The summed E-state index contributed by atoms with van der Waals surface area (Å²) < 4.78 is 6.37. The van der Waals surface area contributed by atoms with E-state index in [1.54, 1.807) is 0 Å². The standard InChI is InChI=1S/C16H18N2O6/c19-8-11-12(20)13(21)15(24-11)18-7-10(14(22)17-16(18)23)6-9-4-2-1-3-5-9/h1-5,7,11-13,15,19-21H,6,8H2,(H,17,22,23)/t11-,12?,13?,15-/m0/s1. The number of benzene rings is 1. The zero-order valence-electron chi connectivity index (χ0n) is 12.7. The molecule has 1 fully saturated rings. The molecule has 0 bridgehead atoms. The highest BCUT2D eigenvalue weighted by atomic mass is 16.6. The fourth-order valence-corrected chi connectivity index (χ4v) is 2.77. The molecule has 3 rings (SSSR count). The van der Waals surface area contributed by atoms with E-state index in [4.69, 9.17) is 9.84 Å². The Morgan fingerprint density at radius 1 is 1.12 bits per heavy atom. The number of rotatable bonds is 4. The first-order chi connectivity index (χ1) is 11.5. The van der Waals surface area contributed by atoms with Crippen LogP contribution in [-0.4, -0.2) is 49.8 Å². The van der Waals surface area contributed by atoms with Gasteiger partial charge >= 0.3 is 5.69 Å². The third-order valence-corrected chi connectivity index (χ3v) is 4.07. The molecule has 0 aliphatic carbocycles. The van der Waals surface area contributed by atoms with E-state index in [1.807, 2.05) is 30.3 Å². The molecule has 0 spiro atoms. The van der Waals surface area contributed by atoms with Gasteiger partial charge in [0.05, 0.1) is 6.61 Å². The molecular weight excluding hydrogens is 316 g/mol. The van der Waals surface area contributed by atoms with Crippen LogP contribution in [0.5, 0.6) is 0 Å². The molecule has 0 saturated carbocycles. The lowest BCUT2D eigenvalue weighted by atomic mass is 10.1. The van der Waals surface area contributed by atoms with Crippen LogP contribution in [0.15, 0.2) is 46.1 Å². The zero-order chi connectivity index (χ0) is 17.3. The molecule has 2 heterocycles. The molecule has 4 atom stereocenters. The molecule has 8 nitrogen and oxygen atoms in total. The van der Waals surface area contributed by atoms with Crippen molar-refractivity contribution in [1.29, 1.82) is 0 Å². The van der Waals surface area contributed by atoms with Gasteiger partial charge in [-0.25, -0.2) is 4.79 Å². The number of hydrogen-bond acceptors (Lipinski definition) is 6. The number of aliphatic hydroxyl groups is 3. The molecule has 1 saturated heterocycles. The molecule has 1 aromatic heterocycles. The van der Waals surface area contributed by atoms with Gasteiger partial charge in [0.15, 0.2) is 6.23 Å². The Hall–Kier alpha value is -2.26. The van der Waals surface area contributed by atoms with Gasteiger partial charge in [-0.2, -0.15) is 0 Å². The van der Waals surface area contributed by atoms with Crippen molar-refractivity contribution in [3.63, 3.8) is 0 Å². The Kier molecular flexibility index (Phi) is 4.63. The highest BCUT2D eigenvalue weighted by Crippen LogP contribution is 2.28. The van der Waals surface area contributed by atoms with Crippen LogP contribution in [-0.2, 0) is 11.2 Å². The number of hydrogen-bond donors (Lipinski definition) is 4. The Bertz CT molecular complexity index is 815. The molecule has 0 amide bonds. The predicted octanol–water partition coefficient (Wildman–Crippen LogP) is -1.26. The average Bonchev–Trinajstić information content (AvgIpc) is 2.86. The number of aromatic nitrogens is 2. The number of aliphatic hydroxyl groups excluding tert-OH is 3. The summed E-state index contributed by atoms with van der Waals surface area (Å²) in [6.45, 7) is -0.496. The maximum Gasteiger partial charge on any atom is 0.330 e. The van der Waals surface area contributed by atoms with E-state index in [1.165, 1.54) is 6.20 Å². The van der Waals surface area contributed by atoms with Gasteiger partial charge in [-0.3, -0.25) is 14.3 Å². The Labute approximate surface area is 136 Å². The Morgan fingerprint density at radius 3 is 2.46 bits per heavy atom. The van der Waals surface area contributed by atoms with Crippen molar-refractivity contribution in [1.82, 2.24) is 9.55 Å². The summed E-state index contributed by atoms with van der Waals surface area (Å²) in [5.41, 5.74) is -0.0774. The van der Waals surface area contributed by atoms with E-state index < -0.39 is 42.4 Å². The van der Waals surface area contributed by atoms with Crippen molar-refractivity contribution >= 4 is 0 Å². The van der Waals surface area contributed by atoms with Crippen LogP contribution in [0, 0.1) is 0 Å². The van der Waals surface area contributed by atoms with E-state index in [0.29, 0.717) is 12.0 Å². The lowest BCUT2D eigenvalue weighted by Crippen LogP contribution is -2.39. The summed E-state index contributed by atoms with van der Waals surface area (Å²) >= 11 is 0. The van der Waals surface area contributed by atoms with Gasteiger partial charge in [0.2, 0.25) is 0 Å². The second-order valence-electron chi connectivity index (χ2n) is 5.71. The summed E-state index contributed by atoms with van der Waals surface area (Å²) in [6.07, 6.45) is -3.29. The quantitative estimate of drug-likeness (QED) is 0.553. The number of H-pyrrole nitrogens is 1. The van der Waals surface area contributed by atoms with Crippen molar-refractivity contribution in [3.8, 4) is 0 Å². The summed E-state index contributed by atoms with van der Waals surface area (Å²) in [6, 6.07) is 9.23. The number of ether oxygens (including phenoxy) is 1. The molecular formula is C16H18N2O6. The number of nitrogens with one attached hydrogen (secondary N) is 1. The minimum atomic E-state index is -1.39. The van der Waals surface area contributed by atoms with Crippen LogP contribution in [0.3, 0.4) is 0 Å². The first-order valence-electron chi connectivity index (χ1n) is 7.52. The topological polar surface area (TPSA) is 125 Å². The Balaban J connectivity index is 1.96. The first kappa shape index (κ1) is 16.6. The monoisotopic (exact) mass is 334 g/mol. The third kappa shape index (κ3) is 3.04. The van der Waals surface area contributed by atoms with Crippen molar-refractivity contribution in [2.75, 3.05) is 6.61 Å². The lowest BCUT2D eigenvalue weighted by molar-refractivity contribution is -0.0551. The Morgan fingerprint density at radius 2 is 1.83 bits per heavy atom. The molecule has 1 aromatic carbocycles. The van der Waals surface area contributed by atoms with Gasteiger partial charge < -0.3 is 20.1 Å². The maximum atomic E-state index is 12.1. The van der Waals surface area contributed by atoms with Gasteiger partial charge in [0.25, 0.3) is 5.56 Å². The summed E-state index contributed by atoms with van der Waals surface area (Å²) in [5, 5.41) is 29.0. The molecule has 128 valence electrons. The normalized spacial score (nSPS) is 26.6. The van der Waals surface area contributed by atoms with Crippen LogP contribution in [0.25, 0.3) is 0 Å². The molecule has 8 heteroatoms. The number of aromatic amines is 1. The zero-order valence-corrected chi connectivity index (χ0v) is 12.7. The second kappa shape index (κ2) is 6.70. The van der Waals surface area contributed by atoms with E-state index in [-0.39, 0.29) is 0 Å². The summed E-state index contributed by atoms with van der Waals surface area (Å²) in [7, 11) is 0. The van der Waals surface area contributed by atoms with Crippen molar-refractivity contribution in [3.05, 3.63) is 68.5 Å². The van der Waals surface area contributed by atoms with Gasteiger partial charge in [0, 0.05) is 18.2 Å². The molecule has 1 aliphatic rings. The van der Waals surface area contributed by atoms with Gasteiger partial charge in [-0.15, -0.1) is 0 Å². The predicted molar refractivity (Wildman–Crippen MR) is 83.6 cm³/mol. The minimum absolute atomic E-state index is 0.297.